The van der Waals surface area contributed by atoms with Crippen LogP contribution in [0.3, 0.4) is 0 Å². The van der Waals surface area contributed by atoms with Gasteiger partial charge in [0.1, 0.15) is 17.2 Å². The molecular weight excluding hydrogens is 421 g/mol. The summed E-state index contributed by atoms with van der Waals surface area (Å²) in [7, 11) is 0. The van der Waals surface area contributed by atoms with E-state index in [1.165, 1.54) is 18.2 Å². The topological polar surface area (TPSA) is 52.6 Å². The summed E-state index contributed by atoms with van der Waals surface area (Å²) < 4.78 is 49.7. The van der Waals surface area contributed by atoms with E-state index in [0.29, 0.717) is 17.2 Å². The SMILES string of the molecule is CC(=O)Oc1cc(Oc2ccc(C(=O)c3ccccc3)cc2Cl)cc(C(F)(F)F)c1. The van der Waals surface area contributed by atoms with Gasteiger partial charge >= 0.3 is 12.1 Å². The molecule has 0 aliphatic carbocycles. The number of hydrogen-bond donors (Lipinski definition) is 0. The summed E-state index contributed by atoms with van der Waals surface area (Å²) >= 11 is 6.18. The molecule has 0 unspecified atom stereocenters. The fourth-order valence-corrected chi connectivity index (χ4v) is 2.85. The van der Waals surface area contributed by atoms with Crippen LogP contribution in [0.2, 0.25) is 5.02 Å². The van der Waals surface area contributed by atoms with Crippen LogP contribution in [0.15, 0.2) is 66.7 Å². The molecule has 0 N–H and O–H groups in total. The van der Waals surface area contributed by atoms with Crippen molar-refractivity contribution in [2.75, 3.05) is 0 Å². The molecule has 0 aliphatic rings. The summed E-state index contributed by atoms with van der Waals surface area (Å²) in [6.45, 7) is 1.07. The number of ether oxygens (including phenoxy) is 2. The molecule has 0 radical (unpaired) electrons. The first-order valence-electron chi connectivity index (χ1n) is 8.61. The third kappa shape index (κ3) is 5.18. The van der Waals surface area contributed by atoms with Gasteiger partial charge in [-0.25, -0.2) is 0 Å². The lowest BCUT2D eigenvalue weighted by Crippen LogP contribution is -2.07. The highest BCUT2D eigenvalue weighted by atomic mass is 35.5. The van der Waals surface area contributed by atoms with Crippen molar-refractivity contribution in [3.63, 3.8) is 0 Å². The molecule has 0 fully saturated rings. The second-order valence-corrected chi connectivity index (χ2v) is 6.63. The monoisotopic (exact) mass is 434 g/mol. The Kier molecular flexibility index (Phi) is 6.12. The number of carbonyl (C=O) groups excluding carboxylic acids is 2. The van der Waals surface area contributed by atoms with Gasteiger partial charge in [0.2, 0.25) is 0 Å². The summed E-state index contributed by atoms with van der Waals surface area (Å²) in [5.74, 6) is -1.55. The molecule has 0 atom stereocenters. The number of hydrogen-bond acceptors (Lipinski definition) is 4. The third-order valence-electron chi connectivity index (χ3n) is 3.93. The minimum Gasteiger partial charge on any atom is -0.456 e. The zero-order chi connectivity index (χ0) is 21.9. The molecule has 0 aliphatic heterocycles. The number of esters is 1. The van der Waals surface area contributed by atoms with Crippen LogP contribution in [0, 0.1) is 0 Å². The first-order valence-corrected chi connectivity index (χ1v) is 8.99. The van der Waals surface area contributed by atoms with Gasteiger partial charge in [-0.05, 0) is 30.3 Å². The van der Waals surface area contributed by atoms with Gasteiger partial charge in [-0.3, -0.25) is 9.59 Å². The molecule has 4 nitrogen and oxygen atoms in total. The fourth-order valence-electron chi connectivity index (χ4n) is 2.63. The van der Waals surface area contributed by atoms with E-state index in [1.807, 2.05) is 0 Å². The van der Waals surface area contributed by atoms with Crippen molar-refractivity contribution in [1.82, 2.24) is 0 Å². The Balaban J connectivity index is 1.90. The van der Waals surface area contributed by atoms with E-state index in [2.05, 4.69) is 0 Å². The first-order chi connectivity index (χ1) is 14.1. The van der Waals surface area contributed by atoms with Crippen molar-refractivity contribution in [2.24, 2.45) is 0 Å². The van der Waals surface area contributed by atoms with Crippen LogP contribution in [0.5, 0.6) is 17.2 Å². The summed E-state index contributed by atoms with van der Waals surface area (Å²) in [6.07, 6.45) is -4.68. The highest BCUT2D eigenvalue weighted by Crippen LogP contribution is 2.38. The molecule has 0 heterocycles. The van der Waals surface area contributed by atoms with Gasteiger partial charge in [0.15, 0.2) is 5.78 Å². The summed E-state index contributed by atoms with van der Waals surface area (Å²) in [6, 6.07) is 15.3. The summed E-state index contributed by atoms with van der Waals surface area (Å²) in [5.41, 5.74) is -0.294. The summed E-state index contributed by atoms with van der Waals surface area (Å²) in [5, 5.41) is 0.0308. The van der Waals surface area contributed by atoms with Gasteiger partial charge in [0.05, 0.1) is 10.6 Å². The van der Waals surface area contributed by atoms with Gasteiger partial charge < -0.3 is 9.47 Å². The Morgan fingerprint density at radius 3 is 2.13 bits per heavy atom. The maximum atomic E-state index is 13.1. The number of carbonyl (C=O) groups is 2. The Bertz CT molecular complexity index is 1100. The van der Waals surface area contributed by atoms with E-state index < -0.39 is 17.7 Å². The minimum absolute atomic E-state index is 0.0308. The molecule has 30 heavy (non-hydrogen) atoms. The second-order valence-electron chi connectivity index (χ2n) is 6.23. The highest BCUT2D eigenvalue weighted by Gasteiger charge is 2.32. The predicted octanol–water partition coefficient (Wildman–Crippen LogP) is 6.31. The first kappa shape index (κ1) is 21.4. The van der Waals surface area contributed by atoms with Crippen molar-refractivity contribution in [1.29, 1.82) is 0 Å². The van der Waals surface area contributed by atoms with Crippen LogP contribution in [0.4, 0.5) is 13.2 Å². The van der Waals surface area contributed by atoms with Crippen molar-refractivity contribution >= 4 is 23.4 Å². The lowest BCUT2D eigenvalue weighted by atomic mass is 10.0. The largest absolute Gasteiger partial charge is 0.456 e. The Hall–Kier alpha value is -3.32. The smallest absolute Gasteiger partial charge is 0.416 e. The molecule has 0 aromatic heterocycles. The molecule has 0 spiro atoms. The van der Waals surface area contributed by atoms with Crippen molar-refractivity contribution in [3.05, 3.63) is 88.4 Å². The maximum absolute atomic E-state index is 13.1. The zero-order valence-electron chi connectivity index (χ0n) is 15.5. The van der Waals surface area contributed by atoms with Crippen molar-refractivity contribution < 1.29 is 32.2 Å². The molecule has 3 rings (SSSR count). The Morgan fingerprint density at radius 2 is 1.53 bits per heavy atom. The summed E-state index contributed by atoms with van der Waals surface area (Å²) in [4.78, 5) is 23.6. The maximum Gasteiger partial charge on any atom is 0.416 e. The molecule has 0 bridgehead atoms. The van der Waals surface area contributed by atoms with E-state index >= 15 is 0 Å². The van der Waals surface area contributed by atoms with E-state index in [0.717, 1.165) is 19.1 Å². The van der Waals surface area contributed by atoms with Crippen molar-refractivity contribution in [3.8, 4) is 17.2 Å². The molecule has 8 heteroatoms. The Labute approximate surface area is 174 Å². The van der Waals surface area contributed by atoms with Gasteiger partial charge in [0.25, 0.3) is 0 Å². The Morgan fingerprint density at radius 1 is 0.867 bits per heavy atom. The lowest BCUT2D eigenvalue weighted by Gasteiger charge is -2.14. The third-order valence-corrected chi connectivity index (χ3v) is 4.22. The number of alkyl halides is 3. The van der Waals surface area contributed by atoms with Crippen LogP contribution in [-0.2, 0) is 11.0 Å². The number of rotatable bonds is 5. The fraction of sp³-hybridized carbons (Fsp3) is 0.0909. The van der Waals surface area contributed by atoms with Crippen LogP contribution in [-0.4, -0.2) is 11.8 Å². The van der Waals surface area contributed by atoms with Crippen molar-refractivity contribution in [2.45, 2.75) is 13.1 Å². The lowest BCUT2D eigenvalue weighted by molar-refractivity contribution is -0.138. The van der Waals surface area contributed by atoms with E-state index in [4.69, 9.17) is 21.1 Å². The molecule has 3 aromatic rings. The highest BCUT2D eigenvalue weighted by molar-refractivity contribution is 6.32. The van der Waals surface area contributed by atoms with Crippen LogP contribution < -0.4 is 9.47 Å². The molecule has 154 valence electrons. The van der Waals surface area contributed by atoms with Gasteiger partial charge in [-0.1, -0.05) is 41.9 Å². The average molecular weight is 435 g/mol. The van der Waals surface area contributed by atoms with Gasteiger partial charge in [-0.15, -0.1) is 0 Å². The van der Waals surface area contributed by atoms with Crippen LogP contribution in [0.1, 0.15) is 28.4 Å². The number of benzene rings is 3. The van der Waals surface area contributed by atoms with E-state index in [1.54, 1.807) is 30.3 Å². The molecular formula is C22H14ClF3O4. The molecule has 0 saturated carbocycles. The van der Waals surface area contributed by atoms with Gasteiger partial charge in [0, 0.05) is 24.1 Å². The standard InChI is InChI=1S/C22H14ClF3O4/c1-13(27)29-17-10-16(22(24,25)26)11-18(12-17)30-20-8-7-15(9-19(20)23)21(28)14-5-3-2-4-6-14/h2-12H,1H3. The molecule has 3 aromatic carbocycles. The molecule has 0 amide bonds. The number of ketones is 1. The minimum atomic E-state index is -4.68. The molecule has 0 saturated heterocycles. The van der Waals surface area contributed by atoms with Crippen LogP contribution in [0.25, 0.3) is 0 Å². The quantitative estimate of drug-likeness (QED) is 0.268. The van der Waals surface area contributed by atoms with Crippen LogP contribution >= 0.6 is 11.6 Å². The zero-order valence-corrected chi connectivity index (χ0v) is 16.3. The normalized spacial score (nSPS) is 11.1. The number of halogens is 4. The second kappa shape index (κ2) is 8.59. The van der Waals surface area contributed by atoms with E-state index in [9.17, 15) is 22.8 Å². The van der Waals surface area contributed by atoms with E-state index in [-0.39, 0.29) is 28.1 Å². The van der Waals surface area contributed by atoms with Gasteiger partial charge in [-0.2, -0.15) is 13.2 Å². The average Bonchev–Trinajstić information content (AvgIpc) is 2.68. The predicted molar refractivity (Wildman–Crippen MR) is 104 cm³/mol.